The molecule has 4 nitrogen and oxygen atoms in total. The smallest absolute Gasteiger partial charge is 0.339 e. The molecule has 0 radical (unpaired) electrons. The van der Waals surface area contributed by atoms with Crippen molar-refractivity contribution in [2.24, 2.45) is 0 Å². The minimum atomic E-state index is -4.90. The van der Waals surface area contributed by atoms with Gasteiger partial charge in [-0.1, -0.05) is 11.2 Å². The van der Waals surface area contributed by atoms with Crippen molar-refractivity contribution in [2.75, 3.05) is 0 Å². The van der Waals surface area contributed by atoms with Gasteiger partial charge in [-0.2, -0.15) is 18.2 Å². The Hall–Kier alpha value is -1.70. The maximum Gasteiger partial charge on any atom is 0.450 e. The van der Waals surface area contributed by atoms with E-state index in [2.05, 4.69) is 10.1 Å². The molecule has 8 heteroatoms. The quantitative estimate of drug-likeness (QED) is 0.868. The number of thiophene rings is 1. The fraction of sp³-hybridized carbons (Fsp3) is 0.364. The van der Waals surface area contributed by atoms with Gasteiger partial charge in [0.25, 0.3) is 0 Å². The van der Waals surface area contributed by atoms with E-state index in [0.717, 1.165) is 11.8 Å². The lowest BCUT2D eigenvalue weighted by Gasteiger charge is -2.08. The highest BCUT2D eigenvalue weighted by Crippen LogP contribution is 2.26. The normalized spacial score (nSPS) is 13.5. The predicted molar refractivity (Wildman–Crippen MR) is 60.9 cm³/mol. The highest BCUT2D eigenvalue weighted by Gasteiger charge is 2.43. The first-order chi connectivity index (χ1) is 8.88. The molecule has 2 aromatic heterocycles. The van der Waals surface area contributed by atoms with Crippen LogP contribution in [0.15, 0.2) is 22.0 Å². The van der Waals surface area contributed by atoms with Gasteiger partial charge in [-0.3, -0.25) is 4.79 Å². The van der Waals surface area contributed by atoms with Gasteiger partial charge in [0.15, 0.2) is 5.82 Å². The Morgan fingerprint density at radius 3 is 2.84 bits per heavy atom. The predicted octanol–water partition coefficient (Wildman–Crippen LogP) is 2.96. The number of hydrogen-bond acceptors (Lipinski definition) is 5. The fourth-order valence-corrected chi connectivity index (χ4v) is 2.14. The van der Waals surface area contributed by atoms with Crippen LogP contribution in [0.25, 0.3) is 0 Å². The number of alkyl halides is 3. The van der Waals surface area contributed by atoms with Crippen LogP contribution in [0.3, 0.4) is 0 Å². The van der Waals surface area contributed by atoms with Gasteiger partial charge in [0.1, 0.15) is 5.92 Å². The van der Waals surface area contributed by atoms with Gasteiger partial charge in [-0.25, -0.2) is 0 Å². The lowest BCUT2D eigenvalue weighted by Crippen LogP contribution is -2.27. The van der Waals surface area contributed by atoms with Gasteiger partial charge < -0.3 is 4.52 Å². The van der Waals surface area contributed by atoms with Crippen molar-refractivity contribution in [3.63, 3.8) is 0 Å². The summed E-state index contributed by atoms with van der Waals surface area (Å²) in [5.74, 6) is -3.42. The zero-order chi connectivity index (χ0) is 14.0. The third-order valence-corrected chi connectivity index (χ3v) is 3.32. The summed E-state index contributed by atoms with van der Waals surface area (Å²) in [5.41, 5.74) is 0. The van der Waals surface area contributed by atoms with Crippen molar-refractivity contribution in [3.05, 3.63) is 34.1 Å². The fourth-order valence-electron chi connectivity index (χ4n) is 1.44. The van der Waals surface area contributed by atoms with E-state index in [1.165, 1.54) is 11.3 Å². The van der Waals surface area contributed by atoms with Crippen molar-refractivity contribution >= 4 is 17.1 Å². The Morgan fingerprint density at radius 1 is 1.53 bits per heavy atom. The summed E-state index contributed by atoms with van der Waals surface area (Å²) in [6.45, 7) is 1.10. The minimum Gasteiger partial charge on any atom is -0.339 e. The van der Waals surface area contributed by atoms with Crippen LogP contribution in [0.2, 0.25) is 0 Å². The van der Waals surface area contributed by atoms with Crippen molar-refractivity contribution in [2.45, 2.75) is 25.4 Å². The van der Waals surface area contributed by atoms with Crippen molar-refractivity contribution < 1.29 is 22.5 Å². The molecule has 0 saturated heterocycles. The van der Waals surface area contributed by atoms with Crippen LogP contribution < -0.4 is 0 Å². The van der Waals surface area contributed by atoms with Crippen molar-refractivity contribution in [3.8, 4) is 0 Å². The number of hydrogen-bond donors (Lipinski definition) is 0. The first kappa shape index (κ1) is 13.7. The van der Waals surface area contributed by atoms with Crippen molar-refractivity contribution in [1.82, 2.24) is 10.1 Å². The summed E-state index contributed by atoms with van der Waals surface area (Å²) >= 11 is 1.48. The minimum absolute atomic E-state index is 0.263. The number of carbonyl (C=O) groups excluding carboxylic acids is 1. The van der Waals surface area contributed by atoms with Gasteiger partial charge in [0, 0.05) is 11.3 Å². The maximum absolute atomic E-state index is 12.3. The molecule has 2 heterocycles. The van der Waals surface area contributed by atoms with E-state index in [1.807, 2.05) is 17.5 Å². The Morgan fingerprint density at radius 2 is 2.26 bits per heavy atom. The summed E-state index contributed by atoms with van der Waals surface area (Å²) in [4.78, 5) is 15.8. The highest BCUT2D eigenvalue weighted by molar-refractivity contribution is 7.09. The largest absolute Gasteiger partial charge is 0.450 e. The zero-order valence-electron chi connectivity index (χ0n) is 9.77. The Kier molecular flexibility index (Phi) is 3.70. The summed E-state index contributed by atoms with van der Waals surface area (Å²) in [6, 6.07) is 3.70. The van der Waals surface area contributed by atoms with Gasteiger partial charge in [0.05, 0.1) is 0 Å². The number of halogens is 3. The van der Waals surface area contributed by atoms with Crippen LogP contribution in [0.5, 0.6) is 0 Å². The van der Waals surface area contributed by atoms with Crippen LogP contribution in [-0.4, -0.2) is 22.1 Å². The van der Waals surface area contributed by atoms with Crippen LogP contribution >= 0.6 is 11.3 Å². The summed E-state index contributed by atoms with van der Waals surface area (Å²) < 4.78 is 41.5. The molecule has 0 aliphatic carbocycles. The molecule has 0 N–H and O–H groups in total. The van der Waals surface area contributed by atoms with E-state index in [9.17, 15) is 18.0 Å². The second-order valence-electron chi connectivity index (χ2n) is 3.89. The molecule has 2 rings (SSSR count). The van der Waals surface area contributed by atoms with E-state index in [0.29, 0.717) is 6.42 Å². The number of Topliss-reactive ketones (excluding diaryl/α,β-unsaturated/α-hetero) is 1. The van der Waals surface area contributed by atoms with Crippen LogP contribution in [0, 0.1) is 0 Å². The van der Waals surface area contributed by atoms with Gasteiger partial charge in [0.2, 0.25) is 11.7 Å². The first-order valence-corrected chi connectivity index (χ1v) is 6.22. The highest BCUT2D eigenvalue weighted by atomic mass is 32.1. The van der Waals surface area contributed by atoms with Gasteiger partial charge >= 0.3 is 6.18 Å². The SMILES string of the molecule is CC(C(=O)C(F)(F)F)c1nc(Cc2cccs2)no1. The van der Waals surface area contributed by atoms with E-state index in [-0.39, 0.29) is 11.7 Å². The van der Waals surface area contributed by atoms with Gasteiger partial charge in [-0.15, -0.1) is 11.3 Å². The topological polar surface area (TPSA) is 56.0 Å². The zero-order valence-corrected chi connectivity index (χ0v) is 10.6. The molecule has 0 bridgehead atoms. The average Bonchev–Trinajstić information content (AvgIpc) is 2.98. The van der Waals surface area contributed by atoms with E-state index in [1.54, 1.807) is 0 Å². The molecule has 0 amide bonds. The number of aromatic nitrogens is 2. The van der Waals surface area contributed by atoms with E-state index < -0.39 is 17.9 Å². The van der Waals surface area contributed by atoms with Crippen molar-refractivity contribution in [1.29, 1.82) is 0 Å². The lowest BCUT2D eigenvalue weighted by molar-refractivity contribution is -0.172. The molecule has 0 fully saturated rings. The number of rotatable bonds is 4. The molecule has 0 saturated carbocycles. The second kappa shape index (κ2) is 5.12. The molecule has 19 heavy (non-hydrogen) atoms. The Labute approximate surface area is 110 Å². The molecular weight excluding hydrogens is 281 g/mol. The Balaban J connectivity index is 2.10. The monoisotopic (exact) mass is 290 g/mol. The summed E-state index contributed by atoms with van der Waals surface area (Å²) in [6.07, 6.45) is -4.53. The number of nitrogens with zero attached hydrogens (tertiary/aromatic N) is 2. The molecule has 1 atom stereocenters. The van der Waals surface area contributed by atoms with Crippen LogP contribution in [0.4, 0.5) is 13.2 Å². The molecule has 0 aliphatic rings. The third kappa shape index (κ3) is 3.19. The lowest BCUT2D eigenvalue weighted by atomic mass is 10.1. The third-order valence-electron chi connectivity index (χ3n) is 2.44. The number of ketones is 1. The molecular formula is C11H9F3N2O2S. The molecule has 0 aromatic carbocycles. The number of carbonyl (C=O) groups is 1. The molecule has 0 aliphatic heterocycles. The van der Waals surface area contributed by atoms with Crippen LogP contribution in [0.1, 0.15) is 29.4 Å². The molecule has 1 unspecified atom stereocenters. The second-order valence-corrected chi connectivity index (χ2v) is 4.92. The Bertz CT molecular complexity index is 563. The van der Waals surface area contributed by atoms with E-state index in [4.69, 9.17) is 4.52 Å². The van der Waals surface area contributed by atoms with Crippen LogP contribution in [-0.2, 0) is 11.2 Å². The van der Waals surface area contributed by atoms with E-state index >= 15 is 0 Å². The molecule has 0 spiro atoms. The average molecular weight is 290 g/mol. The molecule has 102 valence electrons. The summed E-state index contributed by atoms with van der Waals surface area (Å²) in [5, 5.41) is 5.44. The molecule has 2 aromatic rings. The first-order valence-electron chi connectivity index (χ1n) is 5.34. The summed E-state index contributed by atoms with van der Waals surface area (Å²) in [7, 11) is 0. The standard InChI is InChI=1S/C11H9F3N2O2S/c1-6(9(17)11(12,13)14)10-15-8(16-18-10)5-7-3-2-4-19-7/h2-4,6H,5H2,1H3. The maximum atomic E-state index is 12.3. The van der Waals surface area contributed by atoms with Gasteiger partial charge in [-0.05, 0) is 18.4 Å².